The third kappa shape index (κ3) is 4.31. The molecule has 1 aromatic carbocycles. The molecule has 11 heteroatoms. The maximum atomic E-state index is 17.7. The molecule has 1 aliphatic heterocycles. The van der Waals surface area contributed by atoms with Crippen molar-refractivity contribution in [3.8, 4) is 0 Å². The summed E-state index contributed by atoms with van der Waals surface area (Å²) in [6.45, 7) is 6.80. The predicted molar refractivity (Wildman–Crippen MR) is 157 cm³/mol. The van der Waals surface area contributed by atoms with E-state index < -0.39 is 76.5 Å². The largest absolute Gasteiger partial charge is 0.508 e. The van der Waals surface area contributed by atoms with E-state index in [9.17, 15) is 19.5 Å². The van der Waals surface area contributed by atoms with Gasteiger partial charge in [-0.15, -0.1) is 0 Å². The summed E-state index contributed by atoms with van der Waals surface area (Å²) in [6.07, 6.45) is -0.517. The molecule has 0 unspecified atom stereocenters. The minimum atomic E-state index is -2.29. The Balaban J connectivity index is 1.38. The van der Waals surface area contributed by atoms with Crippen molar-refractivity contribution in [1.29, 1.82) is 0 Å². The van der Waals surface area contributed by atoms with Crippen LogP contribution in [0, 0.1) is 34.5 Å². The van der Waals surface area contributed by atoms with Gasteiger partial charge in [0.2, 0.25) is 5.78 Å². The molecule has 0 aromatic heterocycles. The molecular weight excluding hydrogens is 596 g/mol. The lowest BCUT2D eigenvalue weighted by molar-refractivity contribution is -0.228. The fourth-order valence-corrected chi connectivity index (χ4v) is 9.14. The summed E-state index contributed by atoms with van der Waals surface area (Å²) in [6, 6.07) is 6.90. The Labute approximate surface area is 260 Å². The van der Waals surface area contributed by atoms with Crippen LogP contribution in [0.1, 0.15) is 47.0 Å². The van der Waals surface area contributed by atoms with Crippen molar-refractivity contribution in [3.05, 3.63) is 53.1 Å². The maximum Gasteiger partial charge on any atom is 0.508 e. The molecule has 4 fully saturated rings. The van der Waals surface area contributed by atoms with Gasteiger partial charge < -0.3 is 14.6 Å². The molecule has 6 rings (SSSR count). The van der Waals surface area contributed by atoms with Crippen molar-refractivity contribution in [2.45, 2.75) is 70.5 Å². The summed E-state index contributed by atoms with van der Waals surface area (Å²) in [7, 11) is 0. The molecule has 5 aliphatic rings. The number of carbonyl (C=O) groups is 3. The molecule has 1 heterocycles. The predicted octanol–water partition coefficient (Wildman–Crippen LogP) is 5.75. The van der Waals surface area contributed by atoms with E-state index in [-0.39, 0.29) is 37.5 Å². The number of aliphatic hydroxyl groups excluding tert-OH is 1. The van der Waals surface area contributed by atoms with Crippen LogP contribution in [-0.2, 0) is 23.9 Å². The summed E-state index contributed by atoms with van der Waals surface area (Å²) in [5.41, 5.74) is -5.93. The number of hydrogen-bond donors (Lipinski definition) is 1. The van der Waals surface area contributed by atoms with Gasteiger partial charge in [0, 0.05) is 27.7 Å². The van der Waals surface area contributed by atoms with E-state index in [1.54, 1.807) is 43.2 Å². The van der Waals surface area contributed by atoms with Crippen LogP contribution < -0.4 is 5.06 Å². The Bertz CT molecular complexity index is 1430. The van der Waals surface area contributed by atoms with E-state index in [4.69, 9.17) is 25.9 Å². The van der Waals surface area contributed by atoms with Gasteiger partial charge in [-0.05, 0) is 80.0 Å². The highest BCUT2D eigenvalue weighted by atomic mass is 35.5. The number of hydrogen-bond acceptors (Lipinski definition) is 8. The van der Waals surface area contributed by atoms with Gasteiger partial charge in [-0.1, -0.05) is 38.4 Å². The lowest BCUT2D eigenvalue weighted by Gasteiger charge is -2.63. The number of carbonyl (C=O) groups excluding carboxylic acids is 3. The summed E-state index contributed by atoms with van der Waals surface area (Å²) >= 11 is 6.10. The minimum Gasteiger partial charge on any atom is -0.434 e. The SMILES string of the molecule is CC(C)COC(=O)OCC(=O)[C@@]12ON(c3ccc(Cl)cc3)C[C@@H]1C[C@H]1[C@@H]3C[C@H](F)C4=CC(=O)C=C[C@]4(C)[C@@]3(F)[C@@H](O)C[C@@]12C. The highest BCUT2D eigenvalue weighted by Gasteiger charge is 2.79. The fourth-order valence-electron chi connectivity index (χ4n) is 9.02. The number of anilines is 1. The number of ether oxygens (including phenoxy) is 2. The van der Waals surface area contributed by atoms with Crippen LogP contribution in [0.2, 0.25) is 5.02 Å². The van der Waals surface area contributed by atoms with Crippen LogP contribution >= 0.6 is 11.6 Å². The van der Waals surface area contributed by atoms with Gasteiger partial charge in [0.15, 0.2) is 23.7 Å². The highest BCUT2D eigenvalue weighted by Crippen LogP contribution is 2.72. The monoisotopic (exact) mass is 633 g/mol. The van der Waals surface area contributed by atoms with Gasteiger partial charge >= 0.3 is 6.16 Å². The number of nitrogens with zero attached hydrogens (tertiary/aromatic N) is 1. The number of hydroxylamine groups is 1. The van der Waals surface area contributed by atoms with Gasteiger partial charge in [-0.2, -0.15) is 0 Å². The number of benzene rings is 1. The molecule has 8 nitrogen and oxygen atoms in total. The number of ketones is 2. The molecule has 44 heavy (non-hydrogen) atoms. The lowest BCUT2D eigenvalue weighted by atomic mass is 9.44. The molecule has 9 atom stereocenters. The number of allylic oxidation sites excluding steroid dienone is 4. The summed E-state index contributed by atoms with van der Waals surface area (Å²) in [5.74, 6) is -2.92. The molecule has 0 bridgehead atoms. The summed E-state index contributed by atoms with van der Waals surface area (Å²) in [4.78, 5) is 45.4. The van der Waals surface area contributed by atoms with Crippen LogP contribution in [0.3, 0.4) is 0 Å². The maximum absolute atomic E-state index is 17.7. The van der Waals surface area contributed by atoms with Gasteiger partial charge in [-0.25, -0.2) is 13.6 Å². The zero-order valence-electron chi connectivity index (χ0n) is 25.2. The fraction of sp³-hybridized carbons (Fsp3) is 0.606. The van der Waals surface area contributed by atoms with E-state index in [1.165, 1.54) is 12.2 Å². The Hall–Kier alpha value is -2.82. The number of aliphatic hydroxyl groups is 1. The van der Waals surface area contributed by atoms with E-state index in [0.29, 0.717) is 17.1 Å². The average molecular weight is 634 g/mol. The van der Waals surface area contributed by atoms with E-state index in [1.807, 2.05) is 13.8 Å². The second-order valence-electron chi connectivity index (χ2n) is 13.8. The average Bonchev–Trinajstić information content (AvgIpc) is 3.47. The van der Waals surface area contributed by atoms with Crippen LogP contribution in [0.4, 0.5) is 19.3 Å². The molecule has 0 radical (unpaired) electrons. The first-order valence-electron chi connectivity index (χ1n) is 15.2. The zero-order valence-corrected chi connectivity index (χ0v) is 26.0. The van der Waals surface area contributed by atoms with Gasteiger partial charge in [0.1, 0.15) is 6.17 Å². The Morgan fingerprint density at radius 1 is 1.16 bits per heavy atom. The molecule has 1 aromatic rings. The van der Waals surface area contributed by atoms with Crippen molar-refractivity contribution < 1.29 is 42.6 Å². The van der Waals surface area contributed by atoms with Crippen LogP contribution in [0.25, 0.3) is 0 Å². The number of halogens is 3. The minimum absolute atomic E-state index is 0.0360. The molecule has 3 saturated carbocycles. The standard InChI is InChI=1S/C33H38ClF2NO7/c1-18(2)16-42-29(41)43-17-28(40)33-19(15-37(44-33)21-7-5-20(34)6-8-21)11-23-24-13-26(35)25-12-22(38)9-10-30(25,3)32(24,36)27(39)14-31(23,33)4/h5-10,12,18-19,23-24,26-27,39H,11,13-17H2,1-4H3/t19-,23-,24-,26-,27-,30-,31-,32-,33-/m0/s1. The number of fused-ring (bicyclic) bond motifs is 7. The molecule has 238 valence electrons. The van der Waals surface area contributed by atoms with Crippen molar-refractivity contribution >= 4 is 35.0 Å². The first kappa shape index (κ1) is 31.2. The normalized spacial score (nSPS) is 40.6. The van der Waals surface area contributed by atoms with E-state index in [2.05, 4.69) is 0 Å². The highest BCUT2D eigenvalue weighted by molar-refractivity contribution is 6.30. The molecule has 0 amide bonds. The van der Waals surface area contributed by atoms with E-state index >= 15 is 8.78 Å². The number of rotatable bonds is 6. The molecule has 1 N–H and O–H groups in total. The topological polar surface area (TPSA) is 102 Å². The Morgan fingerprint density at radius 3 is 2.55 bits per heavy atom. The molecule has 4 aliphatic carbocycles. The Morgan fingerprint density at radius 2 is 1.86 bits per heavy atom. The van der Waals surface area contributed by atoms with Crippen LogP contribution in [-0.4, -0.2) is 66.1 Å². The first-order valence-corrected chi connectivity index (χ1v) is 15.6. The molecule has 0 spiro atoms. The van der Waals surface area contributed by atoms with Crippen molar-refractivity contribution in [2.24, 2.45) is 34.5 Å². The lowest BCUT2D eigenvalue weighted by Crippen LogP contribution is -2.70. The van der Waals surface area contributed by atoms with Gasteiger partial charge in [-0.3, -0.25) is 19.5 Å². The van der Waals surface area contributed by atoms with Gasteiger partial charge in [0.05, 0.1) is 24.9 Å². The quantitative estimate of drug-likeness (QED) is 0.395. The van der Waals surface area contributed by atoms with Crippen molar-refractivity contribution in [1.82, 2.24) is 0 Å². The molecule has 1 saturated heterocycles. The third-order valence-corrected chi connectivity index (χ3v) is 11.3. The third-order valence-electron chi connectivity index (χ3n) is 11.0. The smallest absolute Gasteiger partial charge is 0.434 e. The summed E-state index contributed by atoms with van der Waals surface area (Å²) in [5, 5.41) is 13.9. The second kappa shape index (κ2) is 10.6. The number of Topliss-reactive ketones (excluding diaryl/α,β-unsaturated/α-hetero) is 1. The van der Waals surface area contributed by atoms with Crippen LogP contribution in [0.15, 0.2) is 48.1 Å². The summed E-state index contributed by atoms with van der Waals surface area (Å²) < 4.78 is 43.9. The molecular formula is C33H38ClF2NO7. The number of alkyl halides is 2. The van der Waals surface area contributed by atoms with Crippen molar-refractivity contribution in [3.63, 3.8) is 0 Å². The zero-order chi connectivity index (χ0) is 31.8. The van der Waals surface area contributed by atoms with E-state index in [0.717, 1.165) is 6.08 Å². The van der Waals surface area contributed by atoms with Crippen molar-refractivity contribution in [2.75, 3.05) is 24.8 Å². The van der Waals surface area contributed by atoms with Crippen LogP contribution in [0.5, 0.6) is 0 Å². The van der Waals surface area contributed by atoms with Gasteiger partial charge in [0.25, 0.3) is 0 Å². The Kier molecular flexibility index (Phi) is 7.53. The second-order valence-corrected chi connectivity index (χ2v) is 14.3. The first-order chi connectivity index (χ1) is 20.7.